The molecule has 2 amide bonds. The van der Waals surface area contributed by atoms with Gasteiger partial charge in [-0.05, 0) is 18.6 Å². The molecule has 0 unspecified atom stereocenters. The fourth-order valence-electron chi connectivity index (χ4n) is 2.13. The van der Waals surface area contributed by atoms with Crippen molar-refractivity contribution < 1.29 is 19.1 Å². The van der Waals surface area contributed by atoms with E-state index in [2.05, 4.69) is 0 Å². The summed E-state index contributed by atoms with van der Waals surface area (Å²) < 4.78 is 4.74. The van der Waals surface area contributed by atoms with E-state index in [0.717, 1.165) is 12.8 Å². The molecule has 0 bridgehead atoms. The Balaban J connectivity index is 3.02. The summed E-state index contributed by atoms with van der Waals surface area (Å²) in [5.74, 6) is -1.02. The molecule has 126 valence electrons. The molecule has 0 aliphatic rings. The number of hydrogen-bond acceptors (Lipinski definition) is 4. The van der Waals surface area contributed by atoms with Gasteiger partial charge in [0.15, 0.2) is 0 Å². The average Bonchev–Trinajstić information content (AvgIpc) is 2.56. The van der Waals surface area contributed by atoms with Crippen molar-refractivity contribution in [2.45, 2.75) is 26.7 Å². The first kappa shape index (κ1) is 18.7. The van der Waals surface area contributed by atoms with Crippen LogP contribution in [0, 0.1) is 0 Å². The second-order valence-electron chi connectivity index (χ2n) is 5.28. The summed E-state index contributed by atoms with van der Waals surface area (Å²) in [5.41, 5.74) is 0.637. The summed E-state index contributed by atoms with van der Waals surface area (Å²) in [7, 11) is 2.99. The van der Waals surface area contributed by atoms with Crippen LogP contribution in [0.15, 0.2) is 24.3 Å². The average molecular weight is 320 g/mol. The smallest absolute Gasteiger partial charge is 0.339 e. The largest absolute Gasteiger partial charge is 0.465 e. The summed E-state index contributed by atoms with van der Waals surface area (Å²) in [6.45, 7) is 3.95. The van der Waals surface area contributed by atoms with E-state index in [1.807, 2.05) is 6.92 Å². The molecule has 0 fully saturated rings. The predicted octanol–water partition coefficient (Wildman–Crippen LogP) is 2.08. The fraction of sp³-hybridized carbons (Fsp3) is 0.471. The number of para-hydroxylation sites is 1. The molecule has 6 heteroatoms. The predicted molar refractivity (Wildman–Crippen MR) is 88.4 cm³/mol. The molecule has 0 atom stereocenters. The maximum Gasteiger partial charge on any atom is 0.339 e. The number of anilines is 1. The Kier molecular flexibility index (Phi) is 7.25. The molecule has 1 aromatic rings. The standard InChI is InChI=1S/C17H24N2O4/c1-5-6-11-18(3)16(21)12-19(13(2)20)15-10-8-7-9-14(15)17(22)23-4/h7-10H,5-6,11-12H2,1-4H3. The van der Waals surface area contributed by atoms with E-state index in [9.17, 15) is 14.4 Å². The number of carbonyl (C=O) groups excluding carboxylic acids is 3. The van der Waals surface area contributed by atoms with Crippen LogP contribution in [-0.4, -0.2) is 49.9 Å². The van der Waals surface area contributed by atoms with Gasteiger partial charge in [-0.25, -0.2) is 4.79 Å². The first-order valence-electron chi connectivity index (χ1n) is 7.61. The van der Waals surface area contributed by atoms with Crippen molar-refractivity contribution in [3.63, 3.8) is 0 Å². The second kappa shape index (κ2) is 8.92. The minimum absolute atomic E-state index is 0.108. The van der Waals surface area contributed by atoms with Crippen molar-refractivity contribution >= 4 is 23.5 Å². The number of methoxy groups -OCH3 is 1. The van der Waals surface area contributed by atoms with Gasteiger partial charge in [0, 0.05) is 20.5 Å². The molecule has 1 aromatic carbocycles. The van der Waals surface area contributed by atoms with E-state index in [0.29, 0.717) is 12.2 Å². The van der Waals surface area contributed by atoms with Crippen molar-refractivity contribution in [1.29, 1.82) is 0 Å². The third-order valence-electron chi connectivity index (χ3n) is 3.55. The van der Waals surface area contributed by atoms with Gasteiger partial charge in [0.25, 0.3) is 0 Å². The van der Waals surface area contributed by atoms with Crippen LogP contribution < -0.4 is 4.90 Å². The Morgan fingerprint density at radius 1 is 1.17 bits per heavy atom. The highest BCUT2D eigenvalue weighted by Gasteiger charge is 2.23. The number of ether oxygens (including phenoxy) is 1. The van der Waals surface area contributed by atoms with Gasteiger partial charge in [-0.1, -0.05) is 25.5 Å². The summed E-state index contributed by atoms with van der Waals surface area (Å²) in [4.78, 5) is 39.1. The highest BCUT2D eigenvalue weighted by Crippen LogP contribution is 2.21. The molecule has 0 spiro atoms. The van der Waals surface area contributed by atoms with Crippen molar-refractivity contribution in [2.24, 2.45) is 0 Å². The number of unbranched alkanes of at least 4 members (excludes halogenated alkanes) is 1. The topological polar surface area (TPSA) is 66.9 Å². The lowest BCUT2D eigenvalue weighted by atomic mass is 10.1. The number of esters is 1. The van der Waals surface area contributed by atoms with E-state index in [1.54, 1.807) is 36.2 Å². The molecule has 1 rings (SSSR count). The summed E-state index contributed by atoms with van der Waals surface area (Å²) in [6.07, 6.45) is 1.89. The Hall–Kier alpha value is -2.37. The van der Waals surface area contributed by atoms with Gasteiger partial charge < -0.3 is 14.5 Å². The third-order valence-corrected chi connectivity index (χ3v) is 3.55. The van der Waals surface area contributed by atoms with Crippen LogP contribution >= 0.6 is 0 Å². The molecular weight excluding hydrogens is 296 g/mol. The molecular formula is C17H24N2O4. The molecule has 6 nitrogen and oxygen atoms in total. The minimum Gasteiger partial charge on any atom is -0.465 e. The fourth-order valence-corrected chi connectivity index (χ4v) is 2.13. The third kappa shape index (κ3) is 5.09. The van der Waals surface area contributed by atoms with Crippen LogP contribution in [0.2, 0.25) is 0 Å². The Morgan fingerprint density at radius 3 is 2.39 bits per heavy atom. The van der Waals surface area contributed by atoms with E-state index >= 15 is 0 Å². The van der Waals surface area contributed by atoms with E-state index in [1.165, 1.54) is 18.9 Å². The number of benzene rings is 1. The molecule has 0 saturated carbocycles. The molecule has 23 heavy (non-hydrogen) atoms. The maximum atomic E-state index is 12.3. The SMILES string of the molecule is CCCCN(C)C(=O)CN(C(C)=O)c1ccccc1C(=O)OC. The minimum atomic E-state index is -0.543. The first-order valence-corrected chi connectivity index (χ1v) is 7.61. The molecule has 0 aromatic heterocycles. The Morgan fingerprint density at radius 2 is 1.83 bits per heavy atom. The molecule has 0 heterocycles. The highest BCUT2D eigenvalue weighted by atomic mass is 16.5. The lowest BCUT2D eigenvalue weighted by molar-refractivity contribution is -0.130. The van der Waals surface area contributed by atoms with Crippen molar-refractivity contribution in [3.05, 3.63) is 29.8 Å². The van der Waals surface area contributed by atoms with Crippen LogP contribution in [0.3, 0.4) is 0 Å². The van der Waals surface area contributed by atoms with Gasteiger partial charge in [-0.3, -0.25) is 9.59 Å². The normalized spacial score (nSPS) is 10.1. The first-order chi connectivity index (χ1) is 10.9. The van der Waals surface area contributed by atoms with Gasteiger partial charge in [0.2, 0.25) is 11.8 Å². The second-order valence-corrected chi connectivity index (χ2v) is 5.28. The zero-order valence-electron chi connectivity index (χ0n) is 14.2. The van der Waals surface area contributed by atoms with Crippen molar-refractivity contribution in [2.75, 3.05) is 32.1 Å². The molecule has 0 aliphatic heterocycles. The highest BCUT2D eigenvalue weighted by molar-refractivity contribution is 6.04. The van der Waals surface area contributed by atoms with Crippen LogP contribution in [0.5, 0.6) is 0 Å². The number of nitrogens with zero attached hydrogens (tertiary/aromatic N) is 2. The molecule has 0 N–H and O–H groups in total. The van der Waals surface area contributed by atoms with Gasteiger partial charge in [0.05, 0.1) is 18.4 Å². The molecule has 0 radical (unpaired) electrons. The van der Waals surface area contributed by atoms with E-state index in [4.69, 9.17) is 4.74 Å². The van der Waals surface area contributed by atoms with Gasteiger partial charge in [-0.2, -0.15) is 0 Å². The number of hydrogen-bond donors (Lipinski definition) is 0. The zero-order valence-corrected chi connectivity index (χ0v) is 14.2. The number of carbonyl (C=O) groups is 3. The van der Waals surface area contributed by atoms with E-state index in [-0.39, 0.29) is 23.9 Å². The Bertz CT molecular complexity index is 571. The van der Waals surface area contributed by atoms with Gasteiger partial charge in [0.1, 0.15) is 6.54 Å². The van der Waals surface area contributed by atoms with E-state index < -0.39 is 5.97 Å². The number of amides is 2. The zero-order chi connectivity index (χ0) is 17.4. The van der Waals surface area contributed by atoms with Gasteiger partial charge in [-0.15, -0.1) is 0 Å². The quantitative estimate of drug-likeness (QED) is 0.722. The monoisotopic (exact) mass is 320 g/mol. The lowest BCUT2D eigenvalue weighted by Gasteiger charge is -2.25. The van der Waals surface area contributed by atoms with Crippen molar-refractivity contribution in [1.82, 2.24) is 4.90 Å². The van der Waals surface area contributed by atoms with Crippen LogP contribution in [0.4, 0.5) is 5.69 Å². The summed E-state index contributed by atoms with van der Waals surface area (Å²) in [6, 6.07) is 6.60. The molecule has 0 saturated heterocycles. The van der Waals surface area contributed by atoms with Gasteiger partial charge >= 0.3 is 5.97 Å². The maximum absolute atomic E-state index is 12.3. The van der Waals surface area contributed by atoms with Crippen molar-refractivity contribution in [3.8, 4) is 0 Å². The van der Waals surface area contributed by atoms with Crippen LogP contribution in [0.25, 0.3) is 0 Å². The number of rotatable bonds is 7. The lowest BCUT2D eigenvalue weighted by Crippen LogP contribution is -2.41. The van der Waals surface area contributed by atoms with Crippen LogP contribution in [-0.2, 0) is 14.3 Å². The van der Waals surface area contributed by atoms with Crippen LogP contribution in [0.1, 0.15) is 37.0 Å². The summed E-state index contributed by atoms with van der Waals surface area (Å²) >= 11 is 0. The number of likely N-dealkylation sites (N-methyl/N-ethyl adjacent to an activating group) is 1. The molecule has 0 aliphatic carbocycles. The Labute approximate surface area is 137 Å². The summed E-state index contributed by atoms with van der Waals surface area (Å²) in [5, 5.41) is 0.